The highest BCUT2D eigenvalue weighted by Gasteiger charge is 2.16. The average molecular weight is 241 g/mol. The molecule has 0 fully saturated rings. The minimum absolute atomic E-state index is 0.00730. The summed E-state index contributed by atoms with van der Waals surface area (Å²) < 4.78 is 0. The molecule has 1 aliphatic heterocycles. The van der Waals surface area contributed by atoms with Gasteiger partial charge in [0.2, 0.25) is 0 Å². The summed E-state index contributed by atoms with van der Waals surface area (Å²) in [4.78, 5) is 19.2. The summed E-state index contributed by atoms with van der Waals surface area (Å²) in [6.07, 6.45) is 0.669. The zero-order valence-corrected chi connectivity index (χ0v) is 10.3. The first kappa shape index (κ1) is 11.2. The maximum atomic E-state index is 11.8. The van der Waals surface area contributed by atoms with Crippen LogP contribution in [0.25, 0.3) is 0 Å². The van der Waals surface area contributed by atoms with Crippen molar-refractivity contribution in [1.29, 1.82) is 0 Å². The third-order valence-electron chi connectivity index (χ3n) is 3.24. The number of rotatable bonds is 2. The number of hydrogen-bond donors (Lipinski definition) is 2. The Bertz CT molecular complexity index is 628. The Labute approximate surface area is 105 Å². The van der Waals surface area contributed by atoms with E-state index in [1.807, 2.05) is 0 Å². The molecule has 4 heteroatoms. The van der Waals surface area contributed by atoms with Gasteiger partial charge < -0.3 is 10.3 Å². The Hall–Kier alpha value is -1.94. The average Bonchev–Trinajstić information content (AvgIpc) is 2.81. The number of nitrogens with one attached hydrogen (secondary N) is 2. The van der Waals surface area contributed by atoms with Crippen molar-refractivity contribution < 1.29 is 0 Å². The van der Waals surface area contributed by atoms with Gasteiger partial charge in [-0.3, -0.25) is 4.79 Å². The van der Waals surface area contributed by atoms with Crippen LogP contribution < -0.4 is 10.9 Å². The molecule has 0 unspecified atom stereocenters. The zero-order chi connectivity index (χ0) is 12.5. The molecule has 2 aromatic rings. The number of fused-ring (bicyclic) bond motifs is 1. The van der Waals surface area contributed by atoms with Crippen LogP contribution in [0.2, 0.25) is 0 Å². The predicted octanol–water partition coefficient (Wildman–Crippen LogP) is 1.27. The maximum Gasteiger partial charge on any atom is 0.255 e. The number of benzene rings is 1. The van der Waals surface area contributed by atoms with Crippen molar-refractivity contribution in [2.75, 3.05) is 0 Å². The van der Waals surface area contributed by atoms with Gasteiger partial charge in [0.05, 0.1) is 11.3 Å². The van der Waals surface area contributed by atoms with E-state index in [2.05, 4.69) is 46.5 Å². The van der Waals surface area contributed by atoms with Crippen LogP contribution in [0.1, 0.15) is 28.2 Å². The number of aromatic amines is 1. The number of H-pyrrole nitrogens is 1. The molecular weight excluding hydrogens is 226 g/mol. The Morgan fingerprint density at radius 2 is 2.00 bits per heavy atom. The minimum Gasteiger partial charge on any atom is -0.310 e. The summed E-state index contributed by atoms with van der Waals surface area (Å²) in [7, 11) is 0. The molecule has 0 atom stereocenters. The van der Waals surface area contributed by atoms with Crippen LogP contribution in [0.4, 0.5) is 0 Å². The van der Waals surface area contributed by atoms with Gasteiger partial charge in [0.25, 0.3) is 5.56 Å². The van der Waals surface area contributed by atoms with Gasteiger partial charge in [0.1, 0.15) is 5.82 Å². The summed E-state index contributed by atoms with van der Waals surface area (Å²) in [5.74, 6) is 0.742. The first-order valence-corrected chi connectivity index (χ1v) is 6.09. The fourth-order valence-electron chi connectivity index (χ4n) is 2.21. The highest BCUT2D eigenvalue weighted by molar-refractivity contribution is 5.26. The molecule has 4 nitrogen and oxygen atoms in total. The first-order valence-electron chi connectivity index (χ1n) is 6.09. The van der Waals surface area contributed by atoms with Crippen molar-refractivity contribution in [1.82, 2.24) is 15.3 Å². The molecule has 1 aliphatic rings. The summed E-state index contributed by atoms with van der Waals surface area (Å²) in [6, 6.07) is 8.28. The number of aromatic nitrogens is 2. The molecule has 0 aliphatic carbocycles. The van der Waals surface area contributed by atoms with Crippen LogP contribution in [-0.2, 0) is 19.5 Å². The van der Waals surface area contributed by atoms with Crippen molar-refractivity contribution in [3.05, 3.63) is 62.8 Å². The van der Waals surface area contributed by atoms with Gasteiger partial charge in [-0.2, -0.15) is 0 Å². The van der Waals surface area contributed by atoms with Gasteiger partial charge in [0, 0.05) is 19.5 Å². The topological polar surface area (TPSA) is 57.8 Å². The molecule has 0 spiro atoms. The van der Waals surface area contributed by atoms with Crippen LogP contribution in [0, 0.1) is 6.92 Å². The Morgan fingerprint density at radius 1 is 1.22 bits per heavy atom. The molecular formula is C14H15N3O. The minimum atomic E-state index is -0.00730. The lowest BCUT2D eigenvalue weighted by molar-refractivity contribution is 0.755. The van der Waals surface area contributed by atoms with Gasteiger partial charge in [-0.1, -0.05) is 29.8 Å². The quantitative estimate of drug-likeness (QED) is 0.832. The molecule has 1 aromatic heterocycles. The molecule has 0 saturated heterocycles. The van der Waals surface area contributed by atoms with E-state index < -0.39 is 0 Å². The van der Waals surface area contributed by atoms with Crippen LogP contribution in [-0.4, -0.2) is 9.97 Å². The van der Waals surface area contributed by atoms with Gasteiger partial charge in [-0.05, 0) is 12.5 Å². The zero-order valence-electron chi connectivity index (χ0n) is 10.3. The van der Waals surface area contributed by atoms with E-state index in [-0.39, 0.29) is 5.56 Å². The van der Waals surface area contributed by atoms with Crippen molar-refractivity contribution in [3.63, 3.8) is 0 Å². The van der Waals surface area contributed by atoms with Gasteiger partial charge in [0.15, 0.2) is 0 Å². The molecule has 0 radical (unpaired) electrons. The van der Waals surface area contributed by atoms with E-state index in [0.717, 1.165) is 22.6 Å². The summed E-state index contributed by atoms with van der Waals surface area (Å²) in [6.45, 7) is 3.38. The number of nitrogens with zero attached hydrogens (tertiary/aromatic N) is 1. The molecule has 0 bridgehead atoms. The number of aryl methyl sites for hydroxylation is 1. The third kappa shape index (κ3) is 2.07. The molecule has 2 N–H and O–H groups in total. The van der Waals surface area contributed by atoms with Gasteiger partial charge >= 0.3 is 0 Å². The number of hydrogen-bond acceptors (Lipinski definition) is 3. The van der Waals surface area contributed by atoms with Crippen LogP contribution in [0.15, 0.2) is 29.1 Å². The van der Waals surface area contributed by atoms with Crippen molar-refractivity contribution in [3.8, 4) is 0 Å². The van der Waals surface area contributed by atoms with Crippen molar-refractivity contribution in [2.45, 2.75) is 26.4 Å². The second kappa shape index (κ2) is 4.38. The molecule has 0 saturated carbocycles. The van der Waals surface area contributed by atoms with E-state index in [1.165, 1.54) is 5.56 Å². The molecule has 3 rings (SSSR count). The standard InChI is InChI=1S/C14H15N3O/c1-9-2-4-10(5-3-9)6-13-16-12-8-15-7-11(12)14(18)17-13/h2-5,15H,6-8H2,1H3,(H,16,17,18). The highest BCUT2D eigenvalue weighted by Crippen LogP contribution is 2.11. The van der Waals surface area contributed by atoms with E-state index in [9.17, 15) is 4.79 Å². The fourth-order valence-corrected chi connectivity index (χ4v) is 2.21. The first-order chi connectivity index (χ1) is 8.72. The summed E-state index contributed by atoms with van der Waals surface area (Å²) >= 11 is 0. The van der Waals surface area contributed by atoms with Gasteiger partial charge in [-0.25, -0.2) is 4.98 Å². The highest BCUT2D eigenvalue weighted by atomic mass is 16.1. The molecule has 1 aromatic carbocycles. The van der Waals surface area contributed by atoms with Crippen molar-refractivity contribution in [2.24, 2.45) is 0 Å². The normalized spacial score (nSPS) is 13.6. The lowest BCUT2D eigenvalue weighted by Gasteiger charge is -2.04. The van der Waals surface area contributed by atoms with Crippen LogP contribution in [0.5, 0.6) is 0 Å². The molecule has 2 heterocycles. The fraction of sp³-hybridized carbons (Fsp3) is 0.286. The lowest BCUT2D eigenvalue weighted by Crippen LogP contribution is -2.17. The SMILES string of the molecule is Cc1ccc(Cc2nc3c(c(=O)[nH]2)CNC3)cc1. The summed E-state index contributed by atoms with van der Waals surface area (Å²) in [5.41, 5.74) is 4.06. The van der Waals surface area contributed by atoms with E-state index >= 15 is 0 Å². The largest absolute Gasteiger partial charge is 0.310 e. The smallest absolute Gasteiger partial charge is 0.255 e. The Balaban J connectivity index is 1.92. The van der Waals surface area contributed by atoms with Crippen molar-refractivity contribution >= 4 is 0 Å². The monoisotopic (exact) mass is 241 g/mol. The van der Waals surface area contributed by atoms with E-state index in [0.29, 0.717) is 19.5 Å². The Morgan fingerprint density at radius 3 is 2.78 bits per heavy atom. The van der Waals surface area contributed by atoms with Crippen LogP contribution in [0.3, 0.4) is 0 Å². The predicted molar refractivity (Wildman–Crippen MR) is 69.4 cm³/mol. The van der Waals surface area contributed by atoms with Gasteiger partial charge in [-0.15, -0.1) is 0 Å². The van der Waals surface area contributed by atoms with E-state index in [1.54, 1.807) is 0 Å². The summed E-state index contributed by atoms with van der Waals surface area (Å²) in [5, 5.41) is 3.14. The second-order valence-corrected chi connectivity index (χ2v) is 4.70. The van der Waals surface area contributed by atoms with E-state index in [4.69, 9.17) is 0 Å². The molecule has 92 valence electrons. The third-order valence-corrected chi connectivity index (χ3v) is 3.24. The maximum absolute atomic E-state index is 11.8. The molecule has 0 amide bonds. The second-order valence-electron chi connectivity index (χ2n) is 4.70. The lowest BCUT2D eigenvalue weighted by atomic mass is 10.1. The molecule has 18 heavy (non-hydrogen) atoms. The van der Waals surface area contributed by atoms with Crippen LogP contribution >= 0.6 is 0 Å². The Kier molecular flexibility index (Phi) is 2.72.